The number of imidazole rings is 1. The molecule has 0 bridgehead atoms. The topological polar surface area (TPSA) is 112 Å². The minimum absolute atomic E-state index is 0.125. The highest BCUT2D eigenvalue weighted by Crippen LogP contribution is 2.34. The van der Waals surface area contributed by atoms with Crippen LogP contribution in [0.1, 0.15) is 84.7 Å². The summed E-state index contributed by atoms with van der Waals surface area (Å²) in [6.45, 7) is 16.0. The Bertz CT molecular complexity index is 1720. The van der Waals surface area contributed by atoms with Crippen molar-refractivity contribution in [3.8, 4) is 22.4 Å². The number of aliphatic imine (C=N–C) groups is 1. The molecule has 2 saturated heterocycles. The van der Waals surface area contributed by atoms with E-state index in [0.717, 1.165) is 25.7 Å². The number of amides is 2. The van der Waals surface area contributed by atoms with Crippen LogP contribution in [0.2, 0.25) is 0 Å². The number of hydrogen-bond acceptors (Lipinski definition) is 7. The van der Waals surface area contributed by atoms with Crippen molar-refractivity contribution in [2.75, 3.05) is 19.6 Å². The predicted octanol–water partition coefficient (Wildman–Crippen LogP) is 8.08. The fourth-order valence-corrected chi connectivity index (χ4v) is 6.20. The lowest BCUT2D eigenvalue weighted by Gasteiger charge is -2.29. The van der Waals surface area contributed by atoms with Gasteiger partial charge in [0.2, 0.25) is 0 Å². The van der Waals surface area contributed by atoms with Crippen LogP contribution in [-0.4, -0.2) is 75.5 Å². The number of aromatic amines is 1. The summed E-state index contributed by atoms with van der Waals surface area (Å²) in [7, 11) is 0. The molecule has 49 heavy (non-hydrogen) atoms. The molecular formula is C37H46F2N6O4. The Kier molecular flexibility index (Phi) is 10.4. The number of benzene rings is 2. The molecule has 2 fully saturated rings. The molecule has 0 spiro atoms. The minimum atomic E-state index is -0.618. The van der Waals surface area contributed by atoms with Gasteiger partial charge in [-0.1, -0.05) is 12.1 Å². The molecular weight excluding hydrogens is 630 g/mol. The Balaban J connectivity index is 1.28. The molecule has 5 rings (SSSR count). The van der Waals surface area contributed by atoms with Crippen LogP contribution in [0.4, 0.5) is 18.4 Å². The zero-order valence-electron chi connectivity index (χ0n) is 29.1. The molecule has 3 heterocycles. The fraction of sp³-hybridized carbons (Fsp3) is 0.459. The lowest BCUT2D eigenvalue weighted by Crippen LogP contribution is -2.43. The molecule has 1 aromatic heterocycles. The summed E-state index contributed by atoms with van der Waals surface area (Å²) >= 11 is 0. The summed E-state index contributed by atoms with van der Waals surface area (Å²) in [5.41, 5.74) is 1.24. The van der Waals surface area contributed by atoms with E-state index in [9.17, 15) is 9.59 Å². The molecule has 2 atom stereocenters. The number of ether oxygens (including phenoxy) is 2. The van der Waals surface area contributed by atoms with Crippen molar-refractivity contribution >= 4 is 24.6 Å². The first-order chi connectivity index (χ1) is 23.1. The molecule has 0 radical (unpaired) electrons. The molecule has 2 amide bonds. The van der Waals surface area contributed by atoms with Gasteiger partial charge < -0.3 is 24.7 Å². The fourth-order valence-electron chi connectivity index (χ4n) is 6.20. The zero-order valence-corrected chi connectivity index (χ0v) is 29.1. The molecule has 0 aliphatic carbocycles. The maximum Gasteiger partial charge on any atom is 0.410 e. The van der Waals surface area contributed by atoms with Gasteiger partial charge in [-0.15, -0.1) is 0 Å². The number of carbonyl (C=O) groups is 2. The number of hydrogen-bond donors (Lipinski definition) is 2. The molecule has 2 aliphatic heterocycles. The summed E-state index contributed by atoms with van der Waals surface area (Å²) in [6.07, 6.45) is 5.38. The summed E-state index contributed by atoms with van der Waals surface area (Å²) in [5, 5.41) is 3.24. The second-order valence-corrected chi connectivity index (χ2v) is 14.5. The van der Waals surface area contributed by atoms with E-state index in [-0.39, 0.29) is 23.7 Å². The van der Waals surface area contributed by atoms with E-state index < -0.39 is 28.9 Å². The highest BCUT2D eigenvalue weighted by molar-refractivity contribution is 5.73. The summed E-state index contributed by atoms with van der Waals surface area (Å²) in [6, 6.07) is 8.97. The van der Waals surface area contributed by atoms with Crippen molar-refractivity contribution in [3.05, 3.63) is 71.8 Å². The average Bonchev–Trinajstić information content (AvgIpc) is 3.78. The standard InChI is InChI=1S/C37H46F2N6O4/c1-36(2,3)48-34(46)44-16-8-10-25(44)20-41-30(21-40-7)26-14-12-23(18-28(26)38)24-13-15-27(29(39)19-24)31-22-42-33(43-31)32-11-9-17-45(32)35(47)49-37(4,5)6/h12-15,18-19,21-22,25,32,41H,7-11,16-17,20H2,1-6H3,(H,42,43)/b30-21-/t25-,32-/m0/s1. The monoisotopic (exact) mass is 676 g/mol. The van der Waals surface area contributed by atoms with Crippen LogP contribution in [0, 0.1) is 11.6 Å². The molecule has 262 valence electrons. The Morgan fingerprint density at radius 1 is 0.959 bits per heavy atom. The SMILES string of the molecule is C=N/C=C(\NC[C@@H]1CCCN1C(=O)OC(C)(C)C)c1ccc(-c2ccc(-c3cnc([C@@H]4CCCN4C(=O)OC(C)(C)C)[nH]3)c(F)c2)cc1F. The Hall–Kier alpha value is -4.74. The van der Waals surface area contributed by atoms with Crippen molar-refractivity contribution in [2.45, 2.75) is 90.5 Å². The van der Waals surface area contributed by atoms with Crippen molar-refractivity contribution in [2.24, 2.45) is 4.99 Å². The Morgan fingerprint density at radius 3 is 2.20 bits per heavy atom. The first-order valence-electron chi connectivity index (χ1n) is 16.7. The van der Waals surface area contributed by atoms with Gasteiger partial charge in [0, 0.05) is 37.0 Å². The van der Waals surface area contributed by atoms with Gasteiger partial charge in [-0.3, -0.25) is 9.89 Å². The quantitative estimate of drug-likeness (QED) is 0.233. The van der Waals surface area contributed by atoms with Crippen LogP contribution in [-0.2, 0) is 9.47 Å². The lowest BCUT2D eigenvalue weighted by atomic mass is 10.00. The van der Waals surface area contributed by atoms with Crippen molar-refractivity contribution in [3.63, 3.8) is 0 Å². The molecule has 0 unspecified atom stereocenters. The third kappa shape index (κ3) is 8.65. The summed E-state index contributed by atoms with van der Waals surface area (Å²) in [5.74, 6) is -0.461. The normalized spacial score (nSPS) is 18.5. The van der Waals surface area contributed by atoms with Crippen LogP contribution in [0.25, 0.3) is 28.1 Å². The molecule has 2 N–H and O–H groups in total. The van der Waals surface area contributed by atoms with Gasteiger partial charge in [-0.2, -0.15) is 0 Å². The number of nitrogens with zero attached hydrogens (tertiary/aromatic N) is 4. The van der Waals surface area contributed by atoms with E-state index >= 15 is 8.78 Å². The van der Waals surface area contributed by atoms with Crippen molar-refractivity contribution in [1.82, 2.24) is 25.1 Å². The number of rotatable bonds is 8. The number of carbonyl (C=O) groups excluding carboxylic acids is 2. The van der Waals surface area contributed by atoms with Gasteiger partial charge >= 0.3 is 12.2 Å². The molecule has 2 aromatic carbocycles. The smallest absolute Gasteiger partial charge is 0.410 e. The van der Waals surface area contributed by atoms with Gasteiger partial charge in [0.1, 0.15) is 28.7 Å². The van der Waals surface area contributed by atoms with Crippen LogP contribution < -0.4 is 5.32 Å². The molecule has 2 aliphatic rings. The van der Waals surface area contributed by atoms with Crippen LogP contribution in [0.3, 0.4) is 0 Å². The summed E-state index contributed by atoms with van der Waals surface area (Å²) < 4.78 is 42.3. The third-order valence-corrected chi connectivity index (χ3v) is 8.40. The molecule has 10 nitrogen and oxygen atoms in total. The van der Waals surface area contributed by atoms with Crippen LogP contribution in [0.15, 0.2) is 53.8 Å². The van der Waals surface area contributed by atoms with Crippen molar-refractivity contribution < 1.29 is 27.8 Å². The zero-order chi connectivity index (χ0) is 35.5. The third-order valence-electron chi connectivity index (χ3n) is 8.40. The number of nitrogens with one attached hydrogen (secondary N) is 2. The maximum absolute atomic E-state index is 15.6. The minimum Gasteiger partial charge on any atom is -0.444 e. The van der Waals surface area contributed by atoms with Gasteiger partial charge in [0.05, 0.1) is 29.7 Å². The number of aromatic nitrogens is 2. The Morgan fingerprint density at radius 2 is 1.57 bits per heavy atom. The summed E-state index contributed by atoms with van der Waals surface area (Å²) in [4.78, 5) is 40.4. The van der Waals surface area contributed by atoms with E-state index in [0.29, 0.717) is 53.5 Å². The van der Waals surface area contributed by atoms with E-state index in [4.69, 9.17) is 9.47 Å². The van der Waals surface area contributed by atoms with Gasteiger partial charge in [-0.05, 0) is 109 Å². The first kappa shape index (κ1) is 35.6. The van der Waals surface area contributed by atoms with E-state index in [2.05, 4.69) is 27.0 Å². The van der Waals surface area contributed by atoms with E-state index in [1.807, 2.05) is 41.5 Å². The van der Waals surface area contributed by atoms with Gasteiger partial charge in [0.25, 0.3) is 0 Å². The average molecular weight is 677 g/mol. The maximum atomic E-state index is 15.6. The second-order valence-electron chi connectivity index (χ2n) is 14.5. The second kappa shape index (κ2) is 14.4. The van der Waals surface area contributed by atoms with Crippen LogP contribution >= 0.6 is 0 Å². The molecule has 12 heteroatoms. The lowest BCUT2D eigenvalue weighted by molar-refractivity contribution is 0.0212. The van der Waals surface area contributed by atoms with Crippen LogP contribution in [0.5, 0.6) is 0 Å². The van der Waals surface area contributed by atoms with E-state index in [1.54, 1.807) is 40.3 Å². The largest absolute Gasteiger partial charge is 0.444 e. The molecule has 3 aromatic rings. The number of halogens is 2. The van der Waals surface area contributed by atoms with Gasteiger partial charge in [0.15, 0.2) is 0 Å². The highest BCUT2D eigenvalue weighted by atomic mass is 19.1. The predicted molar refractivity (Wildman–Crippen MR) is 186 cm³/mol. The van der Waals surface area contributed by atoms with Gasteiger partial charge in [-0.25, -0.2) is 23.4 Å². The van der Waals surface area contributed by atoms with Crippen molar-refractivity contribution in [1.29, 1.82) is 0 Å². The number of likely N-dealkylation sites (tertiary alicyclic amines) is 2. The number of H-pyrrole nitrogens is 1. The first-order valence-corrected chi connectivity index (χ1v) is 16.7. The van der Waals surface area contributed by atoms with E-state index in [1.165, 1.54) is 18.3 Å². The molecule has 0 saturated carbocycles. The highest BCUT2D eigenvalue weighted by Gasteiger charge is 2.35. The Labute approximate surface area is 286 Å².